The third-order valence-corrected chi connectivity index (χ3v) is 2.29. The lowest BCUT2D eigenvalue weighted by atomic mass is 10.1. The van der Waals surface area contributed by atoms with Gasteiger partial charge in [-0.05, 0) is 12.1 Å². The Labute approximate surface area is 111 Å². The van der Waals surface area contributed by atoms with Gasteiger partial charge in [0.15, 0.2) is 11.5 Å². The van der Waals surface area contributed by atoms with Crippen molar-refractivity contribution in [2.75, 3.05) is 20.8 Å². The van der Waals surface area contributed by atoms with Crippen molar-refractivity contribution in [3.63, 3.8) is 0 Å². The molecular formula is C14H15NO4. The summed E-state index contributed by atoms with van der Waals surface area (Å²) in [7, 11) is 2.98. The molecule has 1 aromatic carbocycles. The minimum absolute atomic E-state index is 0.152. The van der Waals surface area contributed by atoms with E-state index in [-0.39, 0.29) is 12.5 Å². The molecule has 1 aromatic rings. The number of methoxy groups -OCH3 is 2. The minimum atomic E-state index is -0.152. The molecule has 0 aliphatic carbocycles. The van der Waals surface area contributed by atoms with E-state index in [1.807, 2.05) is 0 Å². The van der Waals surface area contributed by atoms with E-state index in [1.165, 1.54) is 21.1 Å². The number of carbonyl (C=O) groups excluding carboxylic acids is 2. The summed E-state index contributed by atoms with van der Waals surface area (Å²) in [6, 6.07) is 3.18. The van der Waals surface area contributed by atoms with Crippen LogP contribution in [0.2, 0.25) is 0 Å². The Morgan fingerprint density at radius 3 is 2.63 bits per heavy atom. The summed E-state index contributed by atoms with van der Waals surface area (Å²) in [4.78, 5) is 21.6. The van der Waals surface area contributed by atoms with E-state index >= 15 is 0 Å². The van der Waals surface area contributed by atoms with E-state index in [1.54, 1.807) is 12.1 Å². The maximum Gasteiger partial charge on any atom is 0.217 e. The molecule has 1 amide bonds. The molecule has 0 fully saturated rings. The molecule has 0 bridgehead atoms. The van der Waals surface area contributed by atoms with Crippen molar-refractivity contribution in [3.8, 4) is 23.3 Å². The smallest absolute Gasteiger partial charge is 0.217 e. The number of hydrogen-bond donors (Lipinski definition) is 1. The number of hydrogen-bond acceptors (Lipinski definition) is 4. The van der Waals surface area contributed by atoms with Gasteiger partial charge in [0, 0.05) is 12.5 Å². The van der Waals surface area contributed by atoms with Crippen LogP contribution in [0.5, 0.6) is 11.5 Å². The molecule has 0 saturated carbocycles. The Hall–Kier alpha value is -2.48. The van der Waals surface area contributed by atoms with Crippen LogP contribution in [-0.4, -0.2) is 33.0 Å². The largest absolute Gasteiger partial charge is 0.493 e. The van der Waals surface area contributed by atoms with Gasteiger partial charge in [-0.1, -0.05) is 11.8 Å². The van der Waals surface area contributed by atoms with Crippen LogP contribution in [0, 0.1) is 11.8 Å². The molecule has 5 nitrogen and oxygen atoms in total. The van der Waals surface area contributed by atoms with Crippen molar-refractivity contribution in [2.45, 2.75) is 6.92 Å². The normalized spacial score (nSPS) is 9.00. The Balaban J connectivity index is 3.09. The molecule has 1 rings (SSSR count). The van der Waals surface area contributed by atoms with Crippen molar-refractivity contribution < 1.29 is 19.1 Å². The van der Waals surface area contributed by atoms with Crippen molar-refractivity contribution in [1.82, 2.24) is 5.32 Å². The Kier molecular flexibility index (Phi) is 5.42. The average molecular weight is 261 g/mol. The molecule has 1 N–H and O–H groups in total. The highest BCUT2D eigenvalue weighted by Crippen LogP contribution is 2.31. The molecule has 0 radical (unpaired) electrons. The number of rotatable bonds is 4. The number of amides is 1. The zero-order chi connectivity index (χ0) is 14.3. The Morgan fingerprint density at radius 2 is 2.11 bits per heavy atom. The summed E-state index contributed by atoms with van der Waals surface area (Å²) in [6.07, 6.45) is 0.709. The van der Waals surface area contributed by atoms with Crippen LogP contribution in [0.25, 0.3) is 0 Å². The fourth-order valence-corrected chi connectivity index (χ4v) is 1.45. The van der Waals surface area contributed by atoms with Crippen LogP contribution in [0.1, 0.15) is 22.8 Å². The van der Waals surface area contributed by atoms with Gasteiger partial charge < -0.3 is 14.8 Å². The van der Waals surface area contributed by atoms with Gasteiger partial charge in [-0.3, -0.25) is 9.59 Å². The SMILES string of the molecule is COc1cc(C=O)cc(C#CCNC(C)=O)c1OC. The van der Waals surface area contributed by atoms with Crippen LogP contribution in [-0.2, 0) is 4.79 Å². The standard InChI is InChI=1S/C14H15NO4/c1-10(17)15-6-4-5-12-7-11(9-16)8-13(18-2)14(12)19-3/h7-9H,6H2,1-3H3,(H,15,17). The van der Waals surface area contributed by atoms with Crippen molar-refractivity contribution in [2.24, 2.45) is 0 Å². The van der Waals surface area contributed by atoms with E-state index < -0.39 is 0 Å². The van der Waals surface area contributed by atoms with Gasteiger partial charge in [-0.2, -0.15) is 0 Å². The summed E-state index contributed by atoms with van der Waals surface area (Å²) < 4.78 is 10.4. The second-order valence-electron chi connectivity index (χ2n) is 3.63. The first-order valence-electron chi connectivity index (χ1n) is 5.57. The topological polar surface area (TPSA) is 64.6 Å². The van der Waals surface area contributed by atoms with E-state index in [0.717, 1.165) is 0 Å². The van der Waals surface area contributed by atoms with E-state index in [0.29, 0.717) is 28.9 Å². The van der Waals surface area contributed by atoms with Crippen LogP contribution in [0.3, 0.4) is 0 Å². The molecule has 0 atom stereocenters. The molecular weight excluding hydrogens is 246 g/mol. The van der Waals surface area contributed by atoms with Crippen LogP contribution in [0.4, 0.5) is 0 Å². The maximum atomic E-state index is 10.8. The summed E-state index contributed by atoms with van der Waals surface area (Å²) in [5.41, 5.74) is 0.982. The summed E-state index contributed by atoms with van der Waals surface area (Å²) in [5.74, 6) is 6.37. The van der Waals surface area contributed by atoms with E-state index in [9.17, 15) is 9.59 Å². The molecule has 100 valence electrons. The lowest BCUT2D eigenvalue weighted by Crippen LogP contribution is -2.19. The van der Waals surface area contributed by atoms with Gasteiger partial charge in [0.1, 0.15) is 6.29 Å². The van der Waals surface area contributed by atoms with Gasteiger partial charge in [-0.25, -0.2) is 0 Å². The molecule has 0 heterocycles. The first kappa shape index (κ1) is 14.6. The molecule has 0 unspecified atom stereocenters. The number of ether oxygens (including phenoxy) is 2. The van der Waals surface area contributed by atoms with Crippen molar-refractivity contribution in [3.05, 3.63) is 23.3 Å². The minimum Gasteiger partial charge on any atom is -0.493 e. The fraction of sp³-hybridized carbons (Fsp3) is 0.286. The molecule has 0 aliphatic heterocycles. The molecule has 5 heteroatoms. The fourth-order valence-electron chi connectivity index (χ4n) is 1.45. The Morgan fingerprint density at radius 1 is 1.37 bits per heavy atom. The zero-order valence-corrected chi connectivity index (χ0v) is 11.1. The first-order valence-corrected chi connectivity index (χ1v) is 5.57. The Bertz CT molecular complexity index is 540. The third kappa shape index (κ3) is 4.03. The zero-order valence-electron chi connectivity index (χ0n) is 11.1. The molecule has 0 spiro atoms. The average Bonchev–Trinajstić information content (AvgIpc) is 2.42. The second kappa shape index (κ2) is 7.07. The molecule has 0 aromatic heterocycles. The van der Waals surface area contributed by atoms with E-state index in [4.69, 9.17) is 9.47 Å². The number of nitrogens with one attached hydrogen (secondary N) is 1. The monoisotopic (exact) mass is 261 g/mol. The number of aldehydes is 1. The first-order chi connectivity index (χ1) is 9.12. The van der Waals surface area contributed by atoms with Gasteiger partial charge in [-0.15, -0.1) is 0 Å². The predicted octanol–water partition coefficient (Wildman–Crippen LogP) is 1.00. The lowest BCUT2D eigenvalue weighted by molar-refractivity contribution is -0.118. The van der Waals surface area contributed by atoms with Crippen LogP contribution < -0.4 is 14.8 Å². The maximum absolute atomic E-state index is 10.8. The molecule has 19 heavy (non-hydrogen) atoms. The third-order valence-electron chi connectivity index (χ3n) is 2.29. The summed E-state index contributed by atoms with van der Waals surface area (Å²) in [6.45, 7) is 1.64. The van der Waals surface area contributed by atoms with Crippen LogP contribution >= 0.6 is 0 Å². The van der Waals surface area contributed by atoms with Gasteiger partial charge in [0.25, 0.3) is 0 Å². The molecule has 0 aliphatic rings. The van der Waals surface area contributed by atoms with Gasteiger partial charge in [0.05, 0.1) is 26.3 Å². The van der Waals surface area contributed by atoms with Gasteiger partial charge in [0.2, 0.25) is 5.91 Å². The molecule has 0 saturated heterocycles. The number of carbonyl (C=O) groups is 2. The predicted molar refractivity (Wildman–Crippen MR) is 70.5 cm³/mol. The van der Waals surface area contributed by atoms with E-state index in [2.05, 4.69) is 17.2 Å². The van der Waals surface area contributed by atoms with Crippen molar-refractivity contribution in [1.29, 1.82) is 0 Å². The highest BCUT2D eigenvalue weighted by Gasteiger charge is 2.10. The number of benzene rings is 1. The lowest BCUT2D eigenvalue weighted by Gasteiger charge is -2.10. The van der Waals surface area contributed by atoms with Crippen LogP contribution in [0.15, 0.2) is 12.1 Å². The summed E-state index contributed by atoms with van der Waals surface area (Å²) >= 11 is 0. The van der Waals surface area contributed by atoms with Crippen molar-refractivity contribution >= 4 is 12.2 Å². The van der Waals surface area contributed by atoms with Gasteiger partial charge >= 0.3 is 0 Å². The highest BCUT2D eigenvalue weighted by molar-refractivity contribution is 5.78. The second-order valence-corrected chi connectivity index (χ2v) is 3.63. The summed E-state index contributed by atoms with van der Waals surface area (Å²) in [5, 5.41) is 2.56. The quantitative estimate of drug-likeness (QED) is 0.649. The highest BCUT2D eigenvalue weighted by atomic mass is 16.5.